The number of hydrogen-bond donors (Lipinski definition) is 2. The molecule has 2 heterocycles. The van der Waals surface area contributed by atoms with Crippen molar-refractivity contribution in [3.8, 4) is 17.3 Å². The summed E-state index contributed by atoms with van der Waals surface area (Å²) in [4.78, 5) is 26.4. The van der Waals surface area contributed by atoms with Crippen LogP contribution in [0.15, 0.2) is 75.9 Å². The van der Waals surface area contributed by atoms with Gasteiger partial charge in [0.05, 0.1) is 12.0 Å². The molecule has 1 atom stereocenters. The molecule has 0 saturated heterocycles. The molecule has 1 amide bonds. The molecule has 5 aromatic rings. The Bertz CT molecular complexity index is 1630. The molecule has 38 heavy (non-hydrogen) atoms. The van der Waals surface area contributed by atoms with Gasteiger partial charge in [0.25, 0.3) is 5.91 Å². The Morgan fingerprint density at radius 3 is 2.58 bits per heavy atom. The minimum Gasteiger partial charge on any atom is -0.494 e. The lowest BCUT2D eigenvalue weighted by Crippen LogP contribution is -2.20. The maximum absolute atomic E-state index is 13.3. The van der Waals surface area contributed by atoms with E-state index < -0.39 is 11.3 Å². The third-order valence-electron chi connectivity index (χ3n) is 6.21. The van der Waals surface area contributed by atoms with E-state index in [0.717, 1.165) is 12.0 Å². The van der Waals surface area contributed by atoms with E-state index in [4.69, 9.17) is 20.8 Å². The van der Waals surface area contributed by atoms with E-state index >= 15 is 0 Å². The Labute approximate surface area is 222 Å². The van der Waals surface area contributed by atoms with Crippen molar-refractivity contribution in [2.45, 2.75) is 26.2 Å². The van der Waals surface area contributed by atoms with Gasteiger partial charge in [-0.3, -0.25) is 9.59 Å². The lowest BCUT2D eigenvalue weighted by Gasteiger charge is -2.13. The van der Waals surface area contributed by atoms with E-state index in [9.17, 15) is 9.59 Å². The van der Waals surface area contributed by atoms with Crippen molar-refractivity contribution in [2.24, 2.45) is 0 Å². The standard InChI is InChI=1S/C28H24ClN5O4/c1-16-3-12-23-22(15-16)25(35)24(26(38-23)27-31-33-34-32-27)30-28(36)19-6-10-21(11-7-19)37-14-13-17(2)18-4-8-20(29)9-5-18/h3-12,15,17H,13-14H2,1-2H3,(H,30,36)(H,31,32,33,34). The molecule has 0 fully saturated rings. The van der Waals surface area contributed by atoms with Crippen molar-refractivity contribution in [2.75, 3.05) is 11.9 Å². The van der Waals surface area contributed by atoms with Gasteiger partial charge in [0.15, 0.2) is 0 Å². The lowest BCUT2D eigenvalue weighted by molar-refractivity contribution is 0.102. The third kappa shape index (κ3) is 5.42. The fraction of sp³-hybridized carbons (Fsp3) is 0.179. The van der Waals surface area contributed by atoms with Gasteiger partial charge >= 0.3 is 0 Å². The number of aromatic amines is 1. The van der Waals surface area contributed by atoms with Crippen LogP contribution in [0.4, 0.5) is 5.69 Å². The summed E-state index contributed by atoms with van der Waals surface area (Å²) in [5.74, 6) is 0.526. The number of nitrogens with one attached hydrogen (secondary N) is 2. The first-order chi connectivity index (χ1) is 18.4. The smallest absolute Gasteiger partial charge is 0.255 e. The van der Waals surface area contributed by atoms with Gasteiger partial charge < -0.3 is 14.5 Å². The third-order valence-corrected chi connectivity index (χ3v) is 6.46. The van der Waals surface area contributed by atoms with Crippen molar-refractivity contribution in [1.29, 1.82) is 0 Å². The molecule has 0 aliphatic carbocycles. The normalized spacial score (nSPS) is 11.9. The number of carbonyl (C=O) groups excluding carboxylic acids is 1. The second-order valence-electron chi connectivity index (χ2n) is 8.94. The number of hydrogen-bond acceptors (Lipinski definition) is 7. The highest BCUT2D eigenvalue weighted by atomic mass is 35.5. The van der Waals surface area contributed by atoms with Gasteiger partial charge in [-0.25, -0.2) is 0 Å². The minimum absolute atomic E-state index is 0.0169. The average Bonchev–Trinajstić information content (AvgIpc) is 3.46. The van der Waals surface area contributed by atoms with Gasteiger partial charge in [-0.1, -0.05) is 42.3 Å². The molecule has 10 heteroatoms. The molecule has 0 radical (unpaired) electrons. The molecular weight excluding hydrogens is 506 g/mol. The van der Waals surface area contributed by atoms with Crippen LogP contribution in [0.2, 0.25) is 5.02 Å². The van der Waals surface area contributed by atoms with Crippen LogP contribution in [-0.4, -0.2) is 33.1 Å². The lowest BCUT2D eigenvalue weighted by atomic mass is 9.98. The Morgan fingerprint density at radius 1 is 1.11 bits per heavy atom. The number of halogens is 1. The number of amides is 1. The summed E-state index contributed by atoms with van der Waals surface area (Å²) in [6.07, 6.45) is 0.819. The fourth-order valence-electron chi connectivity index (χ4n) is 4.04. The summed E-state index contributed by atoms with van der Waals surface area (Å²) in [5, 5.41) is 17.4. The predicted octanol–water partition coefficient (Wildman–Crippen LogP) is 5.76. The van der Waals surface area contributed by atoms with Crippen LogP contribution in [0.5, 0.6) is 5.75 Å². The van der Waals surface area contributed by atoms with Gasteiger partial charge in [0.1, 0.15) is 17.0 Å². The molecule has 5 rings (SSSR count). The molecule has 0 bridgehead atoms. The van der Waals surface area contributed by atoms with Gasteiger partial charge in [0.2, 0.25) is 17.0 Å². The van der Waals surface area contributed by atoms with Gasteiger partial charge in [-0.2, -0.15) is 5.21 Å². The van der Waals surface area contributed by atoms with Crippen molar-refractivity contribution >= 4 is 34.2 Å². The van der Waals surface area contributed by atoms with Crippen molar-refractivity contribution in [1.82, 2.24) is 20.6 Å². The number of ether oxygens (including phenoxy) is 1. The van der Waals surface area contributed by atoms with E-state index in [1.165, 1.54) is 5.56 Å². The number of fused-ring (bicyclic) bond motifs is 1. The Kier molecular flexibility index (Phi) is 7.19. The monoisotopic (exact) mass is 529 g/mol. The van der Waals surface area contributed by atoms with Gasteiger partial charge in [-0.15, -0.1) is 10.2 Å². The average molecular weight is 530 g/mol. The fourth-order valence-corrected chi connectivity index (χ4v) is 4.16. The molecule has 2 N–H and O–H groups in total. The predicted molar refractivity (Wildman–Crippen MR) is 145 cm³/mol. The summed E-state index contributed by atoms with van der Waals surface area (Å²) in [6, 6.07) is 19.7. The van der Waals surface area contributed by atoms with E-state index in [1.54, 1.807) is 36.4 Å². The molecule has 2 aromatic heterocycles. The molecule has 192 valence electrons. The van der Waals surface area contributed by atoms with Crippen LogP contribution in [0.3, 0.4) is 0 Å². The van der Waals surface area contributed by atoms with Gasteiger partial charge in [0, 0.05) is 10.6 Å². The number of anilines is 1. The summed E-state index contributed by atoms with van der Waals surface area (Å²) in [6.45, 7) is 4.51. The van der Waals surface area contributed by atoms with E-state index in [2.05, 4.69) is 32.9 Å². The highest BCUT2D eigenvalue weighted by Crippen LogP contribution is 2.27. The topological polar surface area (TPSA) is 123 Å². The molecule has 0 saturated carbocycles. The van der Waals surface area contributed by atoms with E-state index in [1.807, 2.05) is 37.3 Å². The Morgan fingerprint density at radius 2 is 1.87 bits per heavy atom. The number of benzene rings is 3. The quantitative estimate of drug-likeness (QED) is 0.262. The molecule has 0 aliphatic heterocycles. The Hall–Kier alpha value is -4.50. The minimum atomic E-state index is -0.489. The number of aryl methyl sites for hydroxylation is 1. The van der Waals surface area contributed by atoms with Crippen molar-refractivity contribution in [3.05, 3.63) is 98.7 Å². The van der Waals surface area contributed by atoms with E-state index in [0.29, 0.717) is 39.8 Å². The number of nitrogens with zero attached hydrogens (tertiary/aromatic N) is 3. The van der Waals surface area contributed by atoms with Crippen molar-refractivity contribution < 1.29 is 13.9 Å². The zero-order valence-corrected chi connectivity index (χ0v) is 21.5. The van der Waals surface area contributed by atoms with Crippen LogP contribution in [-0.2, 0) is 0 Å². The Balaban J connectivity index is 1.30. The second-order valence-corrected chi connectivity index (χ2v) is 9.38. The number of carbonyl (C=O) groups is 1. The van der Waals surface area contributed by atoms with E-state index in [-0.39, 0.29) is 17.3 Å². The molecule has 0 aliphatic rings. The van der Waals surface area contributed by atoms with Crippen LogP contribution in [0.1, 0.15) is 40.7 Å². The summed E-state index contributed by atoms with van der Waals surface area (Å²) < 4.78 is 11.8. The molecule has 1 unspecified atom stereocenters. The number of tetrazole rings is 1. The first-order valence-corrected chi connectivity index (χ1v) is 12.4. The number of H-pyrrole nitrogens is 1. The first kappa shape index (κ1) is 25.2. The highest BCUT2D eigenvalue weighted by Gasteiger charge is 2.22. The second kappa shape index (κ2) is 10.9. The molecule has 3 aromatic carbocycles. The SMILES string of the molecule is Cc1ccc2oc(-c3nn[nH]n3)c(NC(=O)c3ccc(OCCC(C)c4ccc(Cl)cc4)cc3)c(=O)c2c1. The molecular formula is C28H24ClN5O4. The maximum atomic E-state index is 13.3. The maximum Gasteiger partial charge on any atom is 0.255 e. The zero-order chi connectivity index (χ0) is 26.6. The summed E-state index contributed by atoms with van der Waals surface area (Å²) >= 11 is 5.97. The zero-order valence-electron chi connectivity index (χ0n) is 20.7. The molecule has 9 nitrogen and oxygen atoms in total. The largest absolute Gasteiger partial charge is 0.494 e. The summed E-state index contributed by atoms with van der Waals surface area (Å²) in [5.41, 5.74) is 2.30. The highest BCUT2D eigenvalue weighted by molar-refractivity contribution is 6.30. The van der Waals surface area contributed by atoms with Crippen LogP contribution in [0.25, 0.3) is 22.6 Å². The first-order valence-electron chi connectivity index (χ1n) is 12.0. The number of rotatable bonds is 8. The van der Waals surface area contributed by atoms with Gasteiger partial charge in [-0.05, 0) is 78.6 Å². The van der Waals surface area contributed by atoms with Crippen LogP contribution in [0, 0.1) is 6.92 Å². The summed E-state index contributed by atoms with van der Waals surface area (Å²) in [7, 11) is 0. The molecule has 0 spiro atoms. The number of aromatic nitrogens is 4. The van der Waals surface area contributed by atoms with Crippen molar-refractivity contribution in [3.63, 3.8) is 0 Å². The van der Waals surface area contributed by atoms with Crippen LogP contribution >= 0.6 is 11.6 Å². The van der Waals surface area contributed by atoms with Crippen LogP contribution < -0.4 is 15.5 Å².